The minimum atomic E-state index is -1.37. The minimum Gasteiger partial charge on any atom is -0.394 e. The van der Waals surface area contributed by atoms with E-state index in [-0.39, 0.29) is 0 Å². The van der Waals surface area contributed by atoms with Gasteiger partial charge in [-0.15, -0.1) is 0 Å². The molecule has 0 unspecified atom stereocenters. The second kappa shape index (κ2) is 8.92. The third-order valence-corrected chi connectivity index (χ3v) is 3.74. The van der Waals surface area contributed by atoms with Crippen LogP contribution >= 0.6 is 0 Å². The van der Waals surface area contributed by atoms with E-state index in [1.807, 2.05) is 0 Å². The van der Waals surface area contributed by atoms with Crippen LogP contribution in [-0.2, 0) is 9.47 Å². The van der Waals surface area contributed by atoms with Crippen LogP contribution in [-0.4, -0.2) is 64.3 Å². The fourth-order valence-corrected chi connectivity index (χ4v) is 2.56. The molecule has 120 valence electrons. The van der Waals surface area contributed by atoms with E-state index < -0.39 is 37.3 Å². The van der Waals surface area contributed by atoms with E-state index in [1.54, 1.807) is 0 Å². The number of rotatable bonds is 8. The summed E-state index contributed by atoms with van der Waals surface area (Å²) in [6.45, 7) is 4.22. The molecular formula is C14H28O6. The first kappa shape index (κ1) is 17.8. The Balaban J connectivity index is 2.52. The van der Waals surface area contributed by atoms with E-state index in [1.165, 1.54) is 0 Å². The maximum atomic E-state index is 9.85. The zero-order valence-electron chi connectivity index (χ0n) is 12.3. The number of hydrogen-bond donors (Lipinski definition) is 4. The molecule has 1 fully saturated rings. The summed E-state index contributed by atoms with van der Waals surface area (Å²) in [7, 11) is 0. The highest BCUT2D eigenvalue weighted by molar-refractivity contribution is 4.88. The third kappa shape index (κ3) is 4.65. The Hall–Kier alpha value is -0.240. The summed E-state index contributed by atoms with van der Waals surface area (Å²) < 4.78 is 10.9. The number of ether oxygens (including phenoxy) is 2. The average Bonchev–Trinajstić information content (AvgIpc) is 2.44. The summed E-state index contributed by atoms with van der Waals surface area (Å²) in [5.41, 5.74) is 0. The van der Waals surface area contributed by atoms with Crippen LogP contribution in [0.2, 0.25) is 0 Å². The summed E-state index contributed by atoms with van der Waals surface area (Å²) in [5.74, 6) is 0.386. The van der Waals surface area contributed by atoms with Crippen LogP contribution < -0.4 is 0 Å². The van der Waals surface area contributed by atoms with E-state index in [0.29, 0.717) is 12.5 Å². The summed E-state index contributed by atoms with van der Waals surface area (Å²) in [6, 6.07) is 0. The minimum absolute atomic E-state index is 0.386. The molecule has 5 atom stereocenters. The van der Waals surface area contributed by atoms with Crippen LogP contribution in [0.25, 0.3) is 0 Å². The number of aliphatic hydroxyl groups excluding tert-OH is 4. The van der Waals surface area contributed by atoms with E-state index in [2.05, 4.69) is 13.8 Å². The molecule has 6 heteroatoms. The van der Waals surface area contributed by atoms with Gasteiger partial charge in [0.05, 0.1) is 13.2 Å². The quantitative estimate of drug-likeness (QED) is 0.503. The van der Waals surface area contributed by atoms with Gasteiger partial charge in [-0.1, -0.05) is 26.7 Å². The predicted octanol–water partition coefficient (Wildman–Crippen LogP) is 0.0193. The topological polar surface area (TPSA) is 99.4 Å². The van der Waals surface area contributed by atoms with Crippen molar-refractivity contribution < 1.29 is 29.9 Å². The zero-order chi connectivity index (χ0) is 15.1. The molecule has 1 heterocycles. The van der Waals surface area contributed by atoms with Crippen LogP contribution in [0.3, 0.4) is 0 Å². The van der Waals surface area contributed by atoms with Crippen molar-refractivity contribution in [2.24, 2.45) is 5.92 Å². The van der Waals surface area contributed by atoms with Crippen LogP contribution in [0, 0.1) is 5.92 Å². The fraction of sp³-hybridized carbons (Fsp3) is 1.00. The van der Waals surface area contributed by atoms with Crippen molar-refractivity contribution >= 4 is 0 Å². The molecule has 20 heavy (non-hydrogen) atoms. The van der Waals surface area contributed by atoms with E-state index >= 15 is 0 Å². The number of aliphatic hydroxyl groups is 4. The Morgan fingerprint density at radius 3 is 2.10 bits per heavy atom. The molecule has 1 aliphatic heterocycles. The molecule has 0 amide bonds. The lowest BCUT2D eigenvalue weighted by Crippen LogP contribution is -2.59. The molecule has 1 rings (SSSR count). The molecule has 1 aliphatic rings. The molecular weight excluding hydrogens is 264 g/mol. The lowest BCUT2D eigenvalue weighted by atomic mass is 9.98. The smallest absolute Gasteiger partial charge is 0.186 e. The Morgan fingerprint density at radius 1 is 1.00 bits per heavy atom. The Bertz CT molecular complexity index is 254. The van der Waals surface area contributed by atoms with Gasteiger partial charge in [-0.3, -0.25) is 0 Å². The van der Waals surface area contributed by atoms with Crippen molar-refractivity contribution in [3.05, 3.63) is 0 Å². The summed E-state index contributed by atoms with van der Waals surface area (Å²) in [6.07, 6.45) is -1.76. The predicted molar refractivity (Wildman–Crippen MR) is 73.0 cm³/mol. The van der Waals surface area contributed by atoms with Gasteiger partial charge < -0.3 is 29.9 Å². The second-order valence-electron chi connectivity index (χ2n) is 5.47. The van der Waals surface area contributed by atoms with Gasteiger partial charge in [-0.05, 0) is 18.8 Å². The van der Waals surface area contributed by atoms with Gasteiger partial charge in [-0.2, -0.15) is 0 Å². The van der Waals surface area contributed by atoms with Crippen molar-refractivity contribution in [2.75, 3.05) is 13.2 Å². The zero-order valence-corrected chi connectivity index (χ0v) is 12.3. The normalized spacial score (nSPS) is 34.6. The Kier molecular flexibility index (Phi) is 7.94. The molecule has 0 saturated carbocycles. The van der Waals surface area contributed by atoms with Crippen LogP contribution in [0.4, 0.5) is 0 Å². The largest absolute Gasteiger partial charge is 0.394 e. The van der Waals surface area contributed by atoms with Gasteiger partial charge in [0.15, 0.2) is 6.29 Å². The van der Waals surface area contributed by atoms with Gasteiger partial charge in [0, 0.05) is 0 Å². The molecule has 1 saturated heterocycles. The molecule has 0 aliphatic carbocycles. The average molecular weight is 292 g/mol. The van der Waals surface area contributed by atoms with Gasteiger partial charge in [0.25, 0.3) is 0 Å². The Labute approximate surface area is 120 Å². The highest BCUT2D eigenvalue weighted by Crippen LogP contribution is 2.23. The highest BCUT2D eigenvalue weighted by Gasteiger charge is 2.44. The Morgan fingerprint density at radius 2 is 1.60 bits per heavy atom. The van der Waals surface area contributed by atoms with E-state index in [0.717, 1.165) is 25.7 Å². The van der Waals surface area contributed by atoms with Gasteiger partial charge in [0.2, 0.25) is 0 Å². The number of hydrogen-bond acceptors (Lipinski definition) is 6. The lowest BCUT2D eigenvalue weighted by molar-refractivity contribution is -0.303. The lowest BCUT2D eigenvalue weighted by Gasteiger charge is -2.40. The van der Waals surface area contributed by atoms with Crippen LogP contribution in [0.1, 0.15) is 39.5 Å². The first-order valence-electron chi connectivity index (χ1n) is 7.47. The van der Waals surface area contributed by atoms with Gasteiger partial charge in [-0.25, -0.2) is 0 Å². The van der Waals surface area contributed by atoms with Gasteiger partial charge >= 0.3 is 0 Å². The monoisotopic (exact) mass is 292 g/mol. The summed E-state index contributed by atoms with van der Waals surface area (Å²) in [4.78, 5) is 0. The molecule has 0 bridgehead atoms. The van der Waals surface area contributed by atoms with Crippen molar-refractivity contribution in [1.29, 1.82) is 0 Å². The van der Waals surface area contributed by atoms with Crippen LogP contribution in [0.5, 0.6) is 0 Å². The van der Waals surface area contributed by atoms with Crippen molar-refractivity contribution in [2.45, 2.75) is 70.2 Å². The summed E-state index contributed by atoms with van der Waals surface area (Å²) in [5, 5.41) is 38.3. The van der Waals surface area contributed by atoms with Crippen molar-refractivity contribution in [3.63, 3.8) is 0 Å². The maximum absolute atomic E-state index is 9.85. The molecule has 0 aromatic carbocycles. The molecule has 0 aromatic heterocycles. The maximum Gasteiger partial charge on any atom is 0.186 e. The molecule has 0 spiro atoms. The molecule has 0 radical (unpaired) electrons. The molecule has 4 N–H and O–H groups in total. The molecule has 6 nitrogen and oxygen atoms in total. The van der Waals surface area contributed by atoms with Crippen molar-refractivity contribution in [3.8, 4) is 0 Å². The highest BCUT2D eigenvalue weighted by atomic mass is 16.7. The van der Waals surface area contributed by atoms with Crippen molar-refractivity contribution in [1.82, 2.24) is 0 Å². The van der Waals surface area contributed by atoms with Gasteiger partial charge in [0.1, 0.15) is 24.4 Å². The van der Waals surface area contributed by atoms with E-state index in [4.69, 9.17) is 14.6 Å². The van der Waals surface area contributed by atoms with E-state index in [9.17, 15) is 15.3 Å². The SMILES string of the molecule is CCCC(CCC)CO[C@H]1O[C@H](CO)[C@H](O)[C@H](O)[C@H]1O. The molecule has 0 aromatic rings. The summed E-state index contributed by atoms with van der Waals surface area (Å²) >= 11 is 0. The first-order valence-corrected chi connectivity index (χ1v) is 7.47. The van der Waals surface area contributed by atoms with Crippen LogP contribution in [0.15, 0.2) is 0 Å². The third-order valence-electron chi connectivity index (χ3n) is 3.74. The standard InChI is InChI=1S/C14H28O6/c1-3-5-9(6-4-2)8-19-14-13(18)12(17)11(16)10(7-15)20-14/h9-18H,3-8H2,1-2H3/t10-,11+,12+,13-,14+/m1/s1. The first-order chi connectivity index (χ1) is 9.54. The fourth-order valence-electron chi connectivity index (χ4n) is 2.56. The second-order valence-corrected chi connectivity index (χ2v) is 5.47.